The third kappa shape index (κ3) is 4.87. The second kappa shape index (κ2) is 9.99. The summed E-state index contributed by atoms with van der Waals surface area (Å²) in [6, 6.07) is 18.0. The van der Waals surface area contributed by atoms with Crippen LogP contribution in [0.5, 0.6) is 11.5 Å². The van der Waals surface area contributed by atoms with Crippen molar-refractivity contribution in [2.75, 3.05) is 19.0 Å². The van der Waals surface area contributed by atoms with Gasteiger partial charge in [0.15, 0.2) is 0 Å². The molecule has 0 unspecified atom stereocenters. The number of hydrogen-bond donors (Lipinski definition) is 1. The van der Waals surface area contributed by atoms with Crippen molar-refractivity contribution in [3.05, 3.63) is 89.9 Å². The molecule has 0 saturated heterocycles. The van der Waals surface area contributed by atoms with Gasteiger partial charge in [0.2, 0.25) is 0 Å². The summed E-state index contributed by atoms with van der Waals surface area (Å²) in [7, 11) is 1.59. The van der Waals surface area contributed by atoms with Crippen LogP contribution in [0.1, 0.15) is 24.5 Å². The highest BCUT2D eigenvalue weighted by Gasteiger charge is 2.39. The summed E-state index contributed by atoms with van der Waals surface area (Å²) in [6.07, 6.45) is 4.20. The molecule has 7 nitrogen and oxygen atoms in total. The number of nitrogens with one attached hydrogen (secondary N) is 1. The number of amides is 2. The Morgan fingerprint density at radius 1 is 0.939 bits per heavy atom. The maximum absolute atomic E-state index is 13.4. The maximum atomic E-state index is 13.4. The molecule has 3 aromatic rings. The predicted octanol–water partition coefficient (Wildman–Crippen LogP) is 4.27. The molecule has 168 valence electrons. The van der Waals surface area contributed by atoms with Gasteiger partial charge in [0, 0.05) is 18.1 Å². The van der Waals surface area contributed by atoms with Crippen molar-refractivity contribution in [3.63, 3.8) is 0 Å². The maximum Gasteiger partial charge on any atom is 0.278 e. The second-order valence-electron chi connectivity index (χ2n) is 7.53. The summed E-state index contributed by atoms with van der Waals surface area (Å²) >= 11 is 0. The molecule has 0 spiro atoms. The van der Waals surface area contributed by atoms with E-state index in [1.54, 1.807) is 62.0 Å². The number of carbonyl (C=O) groups excluding carboxylic acids is 2. The highest BCUT2D eigenvalue weighted by Crippen LogP contribution is 2.32. The summed E-state index contributed by atoms with van der Waals surface area (Å²) in [4.78, 5) is 32.1. The van der Waals surface area contributed by atoms with Crippen LogP contribution in [0.15, 0.2) is 78.8 Å². The van der Waals surface area contributed by atoms with Crippen molar-refractivity contribution in [2.24, 2.45) is 0 Å². The van der Waals surface area contributed by atoms with E-state index in [4.69, 9.17) is 9.47 Å². The van der Waals surface area contributed by atoms with Gasteiger partial charge in [0.1, 0.15) is 17.2 Å². The van der Waals surface area contributed by atoms with Crippen molar-refractivity contribution < 1.29 is 19.1 Å². The third-order valence-corrected chi connectivity index (χ3v) is 5.21. The molecule has 0 radical (unpaired) electrons. The molecule has 1 aliphatic rings. The van der Waals surface area contributed by atoms with Crippen LogP contribution in [0.2, 0.25) is 0 Å². The highest BCUT2D eigenvalue weighted by molar-refractivity contribution is 6.36. The number of aromatic nitrogens is 1. The van der Waals surface area contributed by atoms with E-state index in [-0.39, 0.29) is 24.1 Å². The molecule has 4 rings (SSSR count). The van der Waals surface area contributed by atoms with Crippen LogP contribution in [-0.2, 0) is 16.1 Å². The van der Waals surface area contributed by atoms with Gasteiger partial charge in [0.05, 0.1) is 25.8 Å². The minimum atomic E-state index is -0.388. The van der Waals surface area contributed by atoms with Crippen molar-refractivity contribution in [2.45, 2.75) is 19.9 Å². The second-order valence-corrected chi connectivity index (χ2v) is 7.53. The first-order chi connectivity index (χ1) is 16.1. The highest BCUT2D eigenvalue weighted by atomic mass is 16.5. The molecule has 1 N–H and O–H groups in total. The van der Waals surface area contributed by atoms with Gasteiger partial charge in [-0.2, -0.15) is 0 Å². The average Bonchev–Trinajstić information content (AvgIpc) is 3.08. The number of methoxy groups -OCH3 is 1. The fourth-order valence-corrected chi connectivity index (χ4v) is 3.53. The first kappa shape index (κ1) is 22.1. The largest absolute Gasteiger partial charge is 0.497 e. The Hall–Kier alpha value is -4.13. The Bertz CT molecular complexity index is 1160. The van der Waals surface area contributed by atoms with Crippen molar-refractivity contribution in [1.82, 2.24) is 9.88 Å². The zero-order valence-corrected chi connectivity index (χ0v) is 18.6. The number of nitrogens with zero attached hydrogens (tertiary/aromatic N) is 2. The van der Waals surface area contributed by atoms with Gasteiger partial charge in [-0.15, -0.1) is 0 Å². The molecule has 0 bridgehead atoms. The van der Waals surface area contributed by atoms with Gasteiger partial charge >= 0.3 is 0 Å². The first-order valence-corrected chi connectivity index (χ1v) is 10.7. The summed E-state index contributed by atoms with van der Waals surface area (Å²) < 4.78 is 10.9. The lowest BCUT2D eigenvalue weighted by Crippen LogP contribution is -2.32. The molecule has 33 heavy (non-hydrogen) atoms. The average molecular weight is 444 g/mol. The van der Waals surface area contributed by atoms with Crippen LogP contribution in [0.4, 0.5) is 5.69 Å². The van der Waals surface area contributed by atoms with Gasteiger partial charge in [-0.3, -0.25) is 19.5 Å². The fourth-order valence-electron chi connectivity index (χ4n) is 3.53. The smallest absolute Gasteiger partial charge is 0.278 e. The zero-order valence-electron chi connectivity index (χ0n) is 18.6. The molecular weight excluding hydrogens is 418 g/mol. The van der Waals surface area contributed by atoms with Crippen LogP contribution in [0.3, 0.4) is 0 Å². The lowest BCUT2D eigenvalue weighted by atomic mass is 10.0. The van der Waals surface area contributed by atoms with E-state index >= 15 is 0 Å². The number of imide groups is 1. The van der Waals surface area contributed by atoms with Gasteiger partial charge < -0.3 is 14.8 Å². The number of benzene rings is 2. The van der Waals surface area contributed by atoms with Crippen molar-refractivity contribution in [3.8, 4) is 11.5 Å². The third-order valence-electron chi connectivity index (χ3n) is 5.21. The number of ether oxygens (including phenoxy) is 2. The Morgan fingerprint density at radius 3 is 2.30 bits per heavy atom. The molecule has 0 aliphatic carbocycles. The molecule has 2 heterocycles. The number of hydrogen-bond acceptors (Lipinski definition) is 6. The number of rotatable bonds is 9. The summed E-state index contributed by atoms with van der Waals surface area (Å²) in [5.74, 6) is 0.669. The molecular formula is C26H25N3O4. The molecule has 2 aromatic carbocycles. The molecule has 0 fully saturated rings. The number of carbonyl (C=O) groups is 2. The van der Waals surface area contributed by atoms with E-state index in [9.17, 15) is 9.59 Å². The molecule has 2 amide bonds. The Labute approximate surface area is 192 Å². The predicted molar refractivity (Wildman–Crippen MR) is 126 cm³/mol. The molecule has 1 aromatic heterocycles. The molecule has 0 saturated carbocycles. The first-order valence-electron chi connectivity index (χ1n) is 10.7. The van der Waals surface area contributed by atoms with Crippen LogP contribution >= 0.6 is 0 Å². The minimum Gasteiger partial charge on any atom is -0.497 e. The van der Waals surface area contributed by atoms with Crippen LogP contribution in [0, 0.1) is 0 Å². The van der Waals surface area contributed by atoms with E-state index in [1.807, 2.05) is 25.1 Å². The minimum absolute atomic E-state index is 0.139. The van der Waals surface area contributed by atoms with Gasteiger partial charge in [-0.1, -0.05) is 25.1 Å². The fraction of sp³-hybridized carbons (Fsp3) is 0.192. The van der Waals surface area contributed by atoms with Crippen LogP contribution in [-0.4, -0.2) is 35.4 Å². The Kier molecular flexibility index (Phi) is 6.69. The number of anilines is 1. The number of pyridine rings is 1. The summed E-state index contributed by atoms with van der Waals surface area (Å²) in [5.41, 5.74) is 2.64. The summed E-state index contributed by atoms with van der Waals surface area (Å²) in [6.45, 7) is 2.79. The lowest BCUT2D eigenvalue weighted by molar-refractivity contribution is -0.137. The van der Waals surface area contributed by atoms with Crippen molar-refractivity contribution >= 4 is 23.1 Å². The SMILES string of the molecule is CCCOc1ccc(C2=C(Nc3ccc(OC)cc3)C(=O)N(Cc3cccnc3)C2=O)cc1. The standard InChI is InChI=1S/C26H25N3O4/c1-3-15-33-22-10-6-19(7-11-22)23-24(28-20-8-12-21(32-2)13-9-20)26(31)29(25(23)30)17-18-5-4-14-27-16-18/h4-14,16,28H,3,15,17H2,1-2H3. The normalized spacial score (nSPS) is 13.5. The van der Waals surface area contributed by atoms with Crippen LogP contribution in [0.25, 0.3) is 5.57 Å². The topological polar surface area (TPSA) is 80.8 Å². The monoisotopic (exact) mass is 443 g/mol. The Morgan fingerprint density at radius 2 is 1.67 bits per heavy atom. The molecule has 1 aliphatic heterocycles. The van der Waals surface area contributed by atoms with E-state index in [2.05, 4.69) is 10.3 Å². The van der Waals surface area contributed by atoms with Crippen molar-refractivity contribution in [1.29, 1.82) is 0 Å². The van der Waals surface area contributed by atoms with Gasteiger partial charge in [-0.25, -0.2) is 0 Å². The molecule has 7 heteroatoms. The molecule has 0 atom stereocenters. The van der Waals surface area contributed by atoms with Gasteiger partial charge in [0.25, 0.3) is 11.8 Å². The van der Waals surface area contributed by atoms with E-state index in [0.717, 1.165) is 17.7 Å². The van der Waals surface area contributed by atoms with Gasteiger partial charge in [-0.05, 0) is 60.0 Å². The summed E-state index contributed by atoms with van der Waals surface area (Å²) in [5, 5.41) is 3.15. The van der Waals surface area contributed by atoms with E-state index in [1.165, 1.54) is 4.90 Å². The van der Waals surface area contributed by atoms with E-state index < -0.39 is 0 Å². The zero-order chi connectivity index (χ0) is 23.2. The lowest BCUT2D eigenvalue weighted by Gasteiger charge is -2.15. The van der Waals surface area contributed by atoms with Crippen LogP contribution < -0.4 is 14.8 Å². The quantitative estimate of drug-likeness (QED) is 0.498. The Balaban J connectivity index is 1.68. The van der Waals surface area contributed by atoms with E-state index in [0.29, 0.717) is 29.2 Å².